The molecule has 0 aromatic heterocycles. The van der Waals surface area contributed by atoms with Gasteiger partial charge in [0.05, 0.1) is 5.25 Å². The molecule has 0 aromatic rings. The Balaban J connectivity index is 2.67. The van der Waals surface area contributed by atoms with Crippen LogP contribution in [0.15, 0.2) is 0 Å². The maximum Gasteiger partial charge on any atom is 0.236 e. The largest absolute Gasteiger partial charge is 0.339 e. The van der Waals surface area contributed by atoms with Crippen LogP contribution in [-0.2, 0) is 4.79 Å². The Hall–Kier alpha value is -0.220. The van der Waals surface area contributed by atoms with Crippen LogP contribution >= 0.6 is 11.8 Å². The summed E-state index contributed by atoms with van der Waals surface area (Å²) in [6.45, 7) is 10.1. The molecule has 0 aromatic carbocycles. The normalized spacial score (nSPS) is 26.6. The van der Waals surface area contributed by atoms with Crippen molar-refractivity contribution in [1.29, 1.82) is 0 Å². The van der Waals surface area contributed by atoms with E-state index in [2.05, 4.69) is 27.7 Å². The first-order chi connectivity index (χ1) is 8.01. The van der Waals surface area contributed by atoms with E-state index in [1.165, 1.54) is 0 Å². The van der Waals surface area contributed by atoms with Crippen molar-refractivity contribution in [2.45, 2.75) is 45.4 Å². The van der Waals surface area contributed by atoms with Gasteiger partial charge in [0.25, 0.3) is 0 Å². The highest BCUT2D eigenvalue weighted by atomic mass is 32.2. The molecule has 1 saturated heterocycles. The summed E-state index contributed by atoms with van der Waals surface area (Å²) < 4.78 is 0. The van der Waals surface area contributed by atoms with Crippen molar-refractivity contribution in [2.75, 3.05) is 18.8 Å². The molecule has 0 spiro atoms. The molecule has 0 bridgehead atoms. The minimum atomic E-state index is 0.110. The Kier molecular flexibility index (Phi) is 5.80. The molecule has 3 unspecified atom stereocenters. The topological polar surface area (TPSA) is 46.3 Å². The Morgan fingerprint density at radius 3 is 2.59 bits per heavy atom. The quantitative estimate of drug-likeness (QED) is 0.820. The molecule has 1 fully saturated rings. The first kappa shape index (κ1) is 14.8. The Morgan fingerprint density at radius 2 is 2.18 bits per heavy atom. The van der Waals surface area contributed by atoms with Gasteiger partial charge in [-0.25, -0.2) is 0 Å². The molecule has 1 rings (SSSR count). The van der Waals surface area contributed by atoms with E-state index in [1.807, 2.05) is 4.90 Å². The van der Waals surface area contributed by atoms with Crippen molar-refractivity contribution in [3.63, 3.8) is 0 Å². The lowest BCUT2D eigenvalue weighted by Crippen LogP contribution is -2.42. The van der Waals surface area contributed by atoms with Gasteiger partial charge >= 0.3 is 0 Å². The summed E-state index contributed by atoms with van der Waals surface area (Å²) in [6.07, 6.45) is 1.06. The average Bonchev–Trinajstić information content (AvgIpc) is 2.66. The maximum atomic E-state index is 12.5. The minimum Gasteiger partial charge on any atom is -0.339 e. The summed E-state index contributed by atoms with van der Waals surface area (Å²) >= 11 is 1.77. The molecule has 3 nitrogen and oxygen atoms in total. The molecular formula is C13H26N2OS. The number of likely N-dealkylation sites (tertiary alicyclic amines) is 1. The molecule has 1 aliphatic heterocycles. The van der Waals surface area contributed by atoms with Crippen molar-refractivity contribution in [3.05, 3.63) is 0 Å². The number of nitrogens with two attached hydrogens (primary N) is 1. The van der Waals surface area contributed by atoms with E-state index in [9.17, 15) is 4.79 Å². The fourth-order valence-electron chi connectivity index (χ4n) is 2.51. The molecule has 0 saturated carbocycles. The van der Waals surface area contributed by atoms with E-state index >= 15 is 0 Å². The lowest BCUT2D eigenvalue weighted by atomic mass is 10.1. The number of hydrogen-bond donors (Lipinski definition) is 1. The van der Waals surface area contributed by atoms with Gasteiger partial charge < -0.3 is 10.6 Å². The van der Waals surface area contributed by atoms with Crippen molar-refractivity contribution >= 4 is 17.7 Å². The van der Waals surface area contributed by atoms with E-state index in [1.54, 1.807) is 11.8 Å². The third kappa shape index (κ3) is 3.62. The molecule has 0 radical (unpaired) electrons. The van der Waals surface area contributed by atoms with Crippen LogP contribution in [0.4, 0.5) is 0 Å². The number of rotatable bonds is 5. The molecule has 1 heterocycles. The summed E-state index contributed by atoms with van der Waals surface area (Å²) in [7, 11) is 0. The summed E-state index contributed by atoms with van der Waals surface area (Å²) in [4.78, 5) is 14.6. The van der Waals surface area contributed by atoms with Crippen molar-refractivity contribution in [1.82, 2.24) is 4.90 Å². The monoisotopic (exact) mass is 258 g/mol. The Bertz CT molecular complexity index is 258. The lowest BCUT2D eigenvalue weighted by Gasteiger charge is -2.28. The number of carbonyl (C=O) groups excluding carboxylic acids is 1. The van der Waals surface area contributed by atoms with E-state index in [0.29, 0.717) is 30.3 Å². The fraction of sp³-hybridized carbons (Fsp3) is 0.923. The fourth-order valence-corrected chi connectivity index (χ4v) is 3.53. The molecular weight excluding hydrogens is 232 g/mol. The Morgan fingerprint density at radius 1 is 1.53 bits per heavy atom. The van der Waals surface area contributed by atoms with Crippen LogP contribution in [0.1, 0.15) is 34.1 Å². The van der Waals surface area contributed by atoms with Gasteiger partial charge in [-0.1, -0.05) is 20.8 Å². The second-order valence-electron chi connectivity index (χ2n) is 5.30. The average molecular weight is 258 g/mol. The van der Waals surface area contributed by atoms with Gasteiger partial charge in [0.1, 0.15) is 0 Å². The van der Waals surface area contributed by atoms with E-state index in [-0.39, 0.29) is 5.25 Å². The van der Waals surface area contributed by atoms with Crippen molar-refractivity contribution < 1.29 is 4.79 Å². The van der Waals surface area contributed by atoms with Gasteiger partial charge in [0.15, 0.2) is 0 Å². The van der Waals surface area contributed by atoms with Gasteiger partial charge in [-0.15, -0.1) is 11.8 Å². The minimum absolute atomic E-state index is 0.110. The second kappa shape index (κ2) is 6.64. The highest BCUT2D eigenvalue weighted by Crippen LogP contribution is 2.28. The summed E-state index contributed by atoms with van der Waals surface area (Å²) in [6, 6.07) is 0.356. The van der Waals surface area contributed by atoms with Gasteiger partial charge in [0, 0.05) is 12.6 Å². The predicted molar refractivity (Wildman–Crippen MR) is 75.1 cm³/mol. The van der Waals surface area contributed by atoms with Gasteiger partial charge in [0.2, 0.25) is 5.91 Å². The molecule has 1 amide bonds. The highest BCUT2D eigenvalue weighted by Gasteiger charge is 2.35. The van der Waals surface area contributed by atoms with E-state index in [4.69, 9.17) is 5.73 Å². The lowest BCUT2D eigenvalue weighted by molar-refractivity contribution is -0.131. The Labute approximate surface area is 109 Å². The predicted octanol–water partition coefficient (Wildman–Crippen LogP) is 1.96. The zero-order valence-corrected chi connectivity index (χ0v) is 12.3. The molecule has 4 heteroatoms. The zero-order chi connectivity index (χ0) is 13.0. The van der Waals surface area contributed by atoms with Crippen LogP contribution in [0.5, 0.6) is 0 Å². The smallest absolute Gasteiger partial charge is 0.236 e. The van der Waals surface area contributed by atoms with Gasteiger partial charge in [-0.05, 0) is 37.5 Å². The second-order valence-corrected chi connectivity index (χ2v) is 6.72. The summed E-state index contributed by atoms with van der Waals surface area (Å²) in [5, 5.41) is 0.110. The SMILES string of the molecule is CCSC(C(=O)N1CC(CN)CC1C)C(C)C. The molecule has 100 valence electrons. The summed E-state index contributed by atoms with van der Waals surface area (Å²) in [5.74, 6) is 2.21. The standard InChI is InChI=1S/C13H26N2OS/c1-5-17-12(9(2)3)13(16)15-8-11(7-14)6-10(15)4/h9-12H,5-8,14H2,1-4H3. The van der Waals surface area contributed by atoms with Crippen LogP contribution < -0.4 is 5.73 Å². The van der Waals surface area contributed by atoms with Crippen LogP contribution in [0.2, 0.25) is 0 Å². The van der Waals surface area contributed by atoms with Crippen LogP contribution in [0.25, 0.3) is 0 Å². The van der Waals surface area contributed by atoms with Crippen LogP contribution in [0.3, 0.4) is 0 Å². The number of amides is 1. The van der Waals surface area contributed by atoms with E-state index < -0.39 is 0 Å². The molecule has 3 atom stereocenters. The molecule has 2 N–H and O–H groups in total. The van der Waals surface area contributed by atoms with Crippen LogP contribution in [0, 0.1) is 11.8 Å². The van der Waals surface area contributed by atoms with Gasteiger partial charge in [-0.3, -0.25) is 4.79 Å². The number of hydrogen-bond acceptors (Lipinski definition) is 3. The molecule has 0 aliphatic carbocycles. The zero-order valence-electron chi connectivity index (χ0n) is 11.5. The number of carbonyl (C=O) groups is 1. The van der Waals surface area contributed by atoms with Crippen molar-refractivity contribution in [2.24, 2.45) is 17.6 Å². The molecule has 17 heavy (non-hydrogen) atoms. The van der Waals surface area contributed by atoms with Crippen molar-refractivity contribution in [3.8, 4) is 0 Å². The highest BCUT2D eigenvalue weighted by molar-refractivity contribution is 8.00. The maximum absolute atomic E-state index is 12.5. The van der Waals surface area contributed by atoms with Crippen LogP contribution in [-0.4, -0.2) is 40.9 Å². The third-order valence-electron chi connectivity index (χ3n) is 3.47. The number of thioether (sulfide) groups is 1. The first-order valence-electron chi connectivity index (χ1n) is 6.63. The van der Waals surface area contributed by atoms with Gasteiger partial charge in [-0.2, -0.15) is 0 Å². The first-order valence-corrected chi connectivity index (χ1v) is 7.68. The van der Waals surface area contributed by atoms with E-state index in [0.717, 1.165) is 18.7 Å². The number of nitrogens with zero attached hydrogens (tertiary/aromatic N) is 1. The summed E-state index contributed by atoms with van der Waals surface area (Å²) in [5.41, 5.74) is 5.71. The molecule has 1 aliphatic rings. The third-order valence-corrected chi connectivity index (χ3v) is 4.91.